The highest BCUT2D eigenvalue weighted by Crippen LogP contribution is 2.16. The first-order chi connectivity index (χ1) is 8.01. The molecule has 0 saturated carbocycles. The maximum atomic E-state index is 5.77. The van der Waals surface area contributed by atoms with Crippen molar-refractivity contribution in [1.29, 1.82) is 0 Å². The van der Waals surface area contributed by atoms with Gasteiger partial charge in [-0.05, 0) is 30.7 Å². The van der Waals surface area contributed by atoms with Crippen LogP contribution in [0.3, 0.4) is 0 Å². The molecule has 0 bridgehead atoms. The van der Waals surface area contributed by atoms with Crippen molar-refractivity contribution in [3.05, 3.63) is 11.7 Å². The van der Waals surface area contributed by atoms with E-state index >= 15 is 0 Å². The summed E-state index contributed by atoms with van der Waals surface area (Å²) in [6.07, 6.45) is 2.79. The molecule has 0 fully saturated rings. The Kier molecular flexibility index (Phi) is 5.62. The van der Waals surface area contributed by atoms with Gasteiger partial charge >= 0.3 is 0 Å². The maximum absolute atomic E-state index is 5.77. The summed E-state index contributed by atoms with van der Waals surface area (Å²) in [7, 11) is 0. The molecule has 0 aliphatic heterocycles. The van der Waals surface area contributed by atoms with E-state index in [1.807, 2.05) is 0 Å². The summed E-state index contributed by atoms with van der Waals surface area (Å²) in [4.78, 5) is 4.41. The molecule has 1 aromatic rings. The summed E-state index contributed by atoms with van der Waals surface area (Å²) in [6, 6.07) is 0. The number of rotatable bonds is 7. The van der Waals surface area contributed by atoms with Gasteiger partial charge in [0.1, 0.15) is 0 Å². The Morgan fingerprint density at radius 3 is 2.35 bits per heavy atom. The van der Waals surface area contributed by atoms with E-state index in [-0.39, 0.29) is 0 Å². The van der Waals surface area contributed by atoms with Crippen LogP contribution >= 0.6 is 0 Å². The zero-order chi connectivity index (χ0) is 12.8. The predicted octanol–water partition coefficient (Wildman–Crippen LogP) is 2.43. The molecule has 1 aromatic heterocycles. The fourth-order valence-electron chi connectivity index (χ4n) is 2.00. The summed E-state index contributed by atoms with van der Waals surface area (Å²) in [6.45, 7) is 9.40. The molecular weight excluding hydrogens is 214 g/mol. The van der Waals surface area contributed by atoms with Gasteiger partial charge in [0.15, 0.2) is 5.82 Å². The van der Waals surface area contributed by atoms with Gasteiger partial charge in [-0.15, -0.1) is 0 Å². The fourth-order valence-corrected chi connectivity index (χ4v) is 2.00. The molecule has 0 aromatic carbocycles. The molecule has 4 heteroatoms. The van der Waals surface area contributed by atoms with Crippen molar-refractivity contribution >= 4 is 0 Å². The van der Waals surface area contributed by atoms with Crippen molar-refractivity contribution in [2.24, 2.45) is 23.5 Å². The Morgan fingerprint density at radius 2 is 1.82 bits per heavy atom. The van der Waals surface area contributed by atoms with Gasteiger partial charge in [-0.2, -0.15) is 4.98 Å². The highest BCUT2D eigenvalue weighted by Gasteiger charge is 2.15. The predicted molar refractivity (Wildman–Crippen MR) is 68.5 cm³/mol. The van der Waals surface area contributed by atoms with Gasteiger partial charge < -0.3 is 10.3 Å². The molecule has 98 valence electrons. The maximum Gasteiger partial charge on any atom is 0.226 e. The molecule has 2 N–H and O–H groups in total. The van der Waals surface area contributed by atoms with Crippen LogP contribution in [0.15, 0.2) is 4.52 Å². The summed E-state index contributed by atoms with van der Waals surface area (Å²) in [5.41, 5.74) is 5.77. The molecule has 1 unspecified atom stereocenters. The summed E-state index contributed by atoms with van der Waals surface area (Å²) in [5, 5.41) is 4.00. The van der Waals surface area contributed by atoms with Crippen LogP contribution in [0.1, 0.15) is 45.8 Å². The summed E-state index contributed by atoms with van der Waals surface area (Å²) < 4.78 is 5.26. The smallest absolute Gasteiger partial charge is 0.226 e. The topological polar surface area (TPSA) is 64.9 Å². The number of aromatic nitrogens is 2. The van der Waals surface area contributed by atoms with Gasteiger partial charge in [0, 0.05) is 12.8 Å². The van der Waals surface area contributed by atoms with Gasteiger partial charge in [-0.1, -0.05) is 32.9 Å². The summed E-state index contributed by atoms with van der Waals surface area (Å²) in [5.74, 6) is 3.21. The van der Waals surface area contributed by atoms with E-state index in [9.17, 15) is 0 Å². The molecule has 0 spiro atoms. The van der Waals surface area contributed by atoms with E-state index in [1.165, 1.54) is 0 Å². The molecule has 4 nitrogen and oxygen atoms in total. The van der Waals surface area contributed by atoms with Crippen molar-refractivity contribution in [3.63, 3.8) is 0 Å². The molecule has 1 rings (SSSR count). The Hall–Kier alpha value is -0.900. The number of nitrogens with zero attached hydrogens (tertiary/aromatic N) is 2. The van der Waals surface area contributed by atoms with E-state index < -0.39 is 0 Å². The standard InChI is InChI=1S/C13H25N3O/c1-9(2)5-11(8-14)7-13-15-12(16-17-13)6-10(3)4/h9-11H,5-8,14H2,1-4H3. The lowest BCUT2D eigenvalue weighted by Gasteiger charge is -2.14. The molecule has 0 aliphatic carbocycles. The second-order valence-corrected chi connectivity index (χ2v) is 5.64. The second-order valence-electron chi connectivity index (χ2n) is 5.64. The Morgan fingerprint density at radius 1 is 1.12 bits per heavy atom. The molecular formula is C13H25N3O. The molecule has 1 atom stereocenters. The van der Waals surface area contributed by atoms with Crippen molar-refractivity contribution in [3.8, 4) is 0 Å². The lowest BCUT2D eigenvalue weighted by molar-refractivity contribution is 0.328. The first kappa shape index (κ1) is 14.2. The van der Waals surface area contributed by atoms with E-state index in [0.29, 0.717) is 24.3 Å². The lowest BCUT2D eigenvalue weighted by atomic mass is 9.94. The van der Waals surface area contributed by atoms with Crippen molar-refractivity contribution in [1.82, 2.24) is 10.1 Å². The minimum atomic E-state index is 0.447. The third-order valence-electron chi connectivity index (χ3n) is 2.70. The second kappa shape index (κ2) is 6.74. The highest BCUT2D eigenvalue weighted by molar-refractivity contribution is 4.89. The van der Waals surface area contributed by atoms with Crippen LogP contribution in [0, 0.1) is 17.8 Å². The van der Waals surface area contributed by atoms with Crippen molar-refractivity contribution < 1.29 is 4.52 Å². The fraction of sp³-hybridized carbons (Fsp3) is 0.846. The Bertz CT molecular complexity index is 320. The first-order valence-electron chi connectivity index (χ1n) is 6.52. The van der Waals surface area contributed by atoms with Crippen LogP contribution in [0.4, 0.5) is 0 Å². The minimum Gasteiger partial charge on any atom is -0.339 e. The third-order valence-corrected chi connectivity index (χ3v) is 2.70. The van der Waals surface area contributed by atoms with Gasteiger partial charge in [0.25, 0.3) is 0 Å². The van der Waals surface area contributed by atoms with Crippen LogP contribution in [0.2, 0.25) is 0 Å². The highest BCUT2D eigenvalue weighted by atomic mass is 16.5. The van der Waals surface area contributed by atoms with Crippen LogP contribution in [-0.2, 0) is 12.8 Å². The first-order valence-corrected chi connectivity index (χ1v) is 6.52. The van der Waals surface area contributed by atoms with Crippen LogP contribution in [0.5, 0.6) is 0 Å². The molecule has 1 heterocycles. The molecule has 0 radical (unpaired) electrons. The van der Waals surface area contributed by atoms with Gasteiger partial charge in [-0.3, -0.25) is 0 Å². The quantitative estimate of drug-likeness (QED) is 0.793. The monoisotopic (exact) mass is 239 g/mol. The zero-order valence-corrected chi connectivity index (χ0v) is 11.4. The van der Waals surface area contributed by atoms with E-state index in [0.717, 1.165) is 31.0 Å². The lowest BCUT2D eigenvalue weighted by Crippen LogP contribution is -2.19. The van der Waals surface area contributed by atoms with Gasteiger partial charge in [0.05, 0.1) is 0 Å². The van der Waals surface area contributed by atoms with Crippen LogP contribution in [-0.4, -0.2) is 16.7 Å². The normalized spacial score (nSPS) is 13.6. The van der Waals surface area contributed by atoms with Gasteiger partial charge in [-0.25, -0.2) is 0 Å². The Labute approximate surface area is 104 Å². The molecule has 17 heavy (non-hydrogen) atoms. The van der Waals surface area contributed by atoms with E-state index in [4.69, 9.17) is 10.3 Å². The van der Waals surface area contributed by atoms with Gasteiger partial charge in [0.2, 0.25) is 5.89 Å². The van der Waals surface area contributed by atoms with E-state index in [1.54, 1.807) is 0 Å². The summed E-state index contributed by atoms with van der Waals surface area (Å²) >= 11 is 0. The zero-order valence-electron chi connectivity index (χ0n) is 11.4. The SMILES string of the molecule is CC(C)Cc1noc(CC(CN)CC(C)C)n1. The van der Waals surface area contributed by atoms with Crippen molar-refractivity contribution in [2.75, 3.05) is 6.54 Å². The largest absolute Gasteiger partial charge is 0.339 e. The van der Waals surface area contributed by atoms with Crippen molar-refractivity contribution in [2.45, 2.75) is 47.0 Å². The number of hydrogen-bond acceptors (Lipinski definition) is 4. The van der Waals surface area contributed by atoms with Crippen LogP contribution in [0.25, 0.3) is 0 Å². The molecule has 0 saturated heterocycles. The third kappa shape index (κ3) is 5.31. The van der Waals surface area contributed by atoms with Crippen LogP contribution < -0.4 is 5.73 Å². The average molecular weight is 239 g/mol. The Balaban J connectivity index is 2.52. The average Bonchev–Trinajstić information content (AvgIpc) is 2.62. The number of nitrogens with two attached hydrogens (primary N) is 1. The minimum absolute atomic E-state index is 0.447. The van der Waals surface area contributed by atoms with E-state index in [2.05, 4.69) is 37.8 Å². The molecule has 0 amide bonds. The number of hydrogen-bond donors (Lipinski definition) is 1. The molecule has 0 aliphatic rings.